The number of amides is 1. The Balaban J connectivity index is 1.05. The number of ether oxygens (including phenoxy) is 3. The number of fused-ring (bicyclic) bond motifs is 1. The molecule has 1 amide bonds. The molecule has 1 heterocycles. The number of aliphatic hydroxyl groups excluding tert-OH is 1. The van der Waals surface area contributed by atoms with Gasteiger partial charge in [0.15, 0.2) is 0 Å². The monoisotopic (exact) mass is 738 g/mol. The first-order valence-electron chi connectivity index (χ1n) is 16.5. The number of sulfonamides is 1. The van der Waals surface area contributed by atoms with Gasteiger partial charge in [0.2, 0.25) is 10.0 Å². The van der Waals surface area contributed by atoms with E-state index in [0.717, 1.165) is 18.4 Å². The van der Waals surface area contributed by atoms with Crippen molar-refractivity contribution in [2.24, 2.45) is 0 Å². The van der Waals surface area contributed by atoms with Crippen molar-refractivity contribution < 1.29 is 56.0 Å². The lowest BCUT2D eigenvalue weighted by Crippen LogP contribution is -2.29. The zero-order valence-corrected chi connectivity index (χ0v) is 29.2. The smallest absolute Gasteiger partial charge is 0.376 e. The SMILES string of the molecule is CNC(=O)c1c(-c2ccc(F)cc2)oc2cc(CS(=O)(=O)NCCOCCOCCOCc3cccc(/C(O)=C/C(=O)C(=O)O)c3)c(C3CC3)cc12. The van der Waals surface area contributed by atoms with E-state index in [-0.39, 0.29) is 75.1 Å². The predicted octanol–water partition coefficient (Wildman–Crippen LogP) is 4.70. The van der Waals surface area contributed by atoms with Crippen LogP contribution in [0.15, 0.2) is 71.2 Å². The van der Waals surface area contributed by atoms with Gasteiger partial charge in [-0.2, -0.15) is 0 Å². The summed E-state index contributed by atoms with van der Waals surface area (Å²) >= 11 is 0. The summed E-state index contributed by atoms with van der Waals surface area (Å²) in [5, 5.41) is 21.9. The Hall–Kier alpha value is -4.93. The quantitative estimate of drug-likeness (QED) is 0.0426. The van der Waals surface area contributed by atoms with Crippen molar-refractivity contribution in [1.29, 1.82) is 0 Å². The number of carbonyl (C=O) groups excluding carboxylic acids is 2. The molecule has 4 N–H and O–H groups in total. The zero-order chi connectivity index (χ0) is 37.3. The van der Waals surface area contributed by atoms with E-state index in [1.165, 1.54) is 37.4 Å². The molecule has 0 aliphatic heterocycles. The molecule has 0 radical (unpaired) electrons. The molecule has 0 unspecified atom stereocenters. The molecule has 13 nitrogen and oxygen atoms in total. The van der Waals surface area contributed by atoms with Crippen LogP contribution >= 0.6 is 0 Å². The topological polar surface area (TPSA) is 191 Å². The first-order chi connectivity index (χ1) is 25.0. The van der Waals surface area contributed by atoms with Gasteiger partial charge >= 0.3 is 5.97 Å². The molecule has 276 valence electrons. The Bertz CT molecular complexity index is 2060. The van der Waals surface area contributed by atoms with Crippen LogP contribution < -0.4 is 10.0 Å². The van der Waals surface area contributed by atoms with E-state index in [2.05, 4.69) is 10.0 Å². The van der Waals surface area contributed by atoms with Gasteiger partial charge in [0, 0.05) is 36.2 Å². The highest BCUT2D eigenvalue weighted by atomic mass is 32.2. The van der Waals surface area contributed by atoms with Crippen molar-refractivity contribution in [3.8, 4) is 11.3 Å². The third-order valence-electron chi connectivity index (χ3n) is 8.16. The summed E-state index contributed by atoms with van der Waals surface area (Å²) < 4.78 is 65.0. The number of carboxylic acid groups (broad SMARTS) is 1. The summed E-state index contributed by atoms with van der Waals surface area (Å²) in [6, 6.07) is 15.6. The predicted molar refractivity (Wildman–Crippen MR) is 189 cm³/mol. The lowest BCUT2D eigenvalue weighted by Gasteiger charge is -2.12. The van der Waals surface area contributed by atoms with E-state index in [4.69, 9.17) is 23.7 Å². The fourth-order valence-corrected chi connectivity index (χ4v) is 6.66. The van der Waals surface area contributed by atoms with E-state index >= 15 is 0 Å². The Kier molecular flexibility index (Phi) is 12.9. The molecule has 15 heteroatoms. The van der Waals surface area contributed by atoms with Crippen molar-refractivity contribution in [1.82, 2.24) is 10.0 Å². The standard InChI is InChI=1S/C37H39FN2O11S/c1-39-36(43)34-30-19-29(24-5-6-24)27(18-33(30)51-35(34)25-7-9-28(38)10-8-25)22-52(46,47)40-11-12-48-13-14-49-15-16-50-21-23-3-2-4-26(17-23)31(41)20-32(42)37(44)45/h2-4,7-10,17-20,24,40-41H,5-6,11-16,21-22H2,1H3,(H,39,43)(H,44,45)/b31-20-. The van der Waals surface area contributed by atoms with E-state index in [1.54, 1.807) is 24.3 Å². The third-order valence-corrected chi connectivity index (χ3v) is 9.49. The fourth-order valence-electron chi connectivity index (χ4n) is 5.50. The lowest BCUT2D eigenvalue weighted by atomic mass is 9.98. The third kappa shape index (κ3) is 10.3. The first-order valence-corrected chi connectivity index (χ1v) is 18.2. The van der Waals surface area contributed by atoms with Crippen molar-refractivity contribution >= 4 is 44.4 Å². The molecule has 1 aliphatic rings. The molecule has 4 aromatic rings. The second kappa shape index (κ2) is 17.5. The minimum absolute atomic E-state index is 0.0526. The number of hydrogen-bond acceptors (Lipinski definition) is 10. The molecule has 1 fully saturated rings. The molecule has 1 saturated carbocycles. The van der Waals surface area contributed by atoms with Gasteiger partial charge in [0.25, 0.3) is 11.7 Å². The van der Waals surface area contributed by atoms with Gasteiger partial charge in [-0.15, -0.1) is 0 Å². The molecule has 1 aliphatic carbocycles. The second-order valence-corrected chi connectivity index (χ2v) is 13.9. The summed E-state index contributed by atoms with van der Waals surface area (Å²) in [7, 11) is -2.24. The van der Waals surface area contributed by atoms with Crippen LogP contribution in [0, 0.1) is 5.82 Å². The van der Waals surface area contributed by atoms with Gasteiger partial charge in [0.05, 0.1) is 51.0 Å². The maximum atomic E-state index is 13.6. The molecular weight excluding hydrogens is 699 g/mol. The number of benzene rings is 3. The van der Waals surface area contributed by atoms with Crippen LogP contribution in [0.1, 0.15) is 51.4 Å². The normalized spacial score (nSPS) is 13.4. The Labute approximate surface area is 299 Å². The molecule has 52 heavy (non-hydrogen) atoms. The van der Waals surface area contributed by atoms with Gasteiger partial charge in [-0.1, -0.05) is 18.2 Å². The molecule has 0 bridgehead atoms. The highest BCUT2D eigenvalue weighted by Crippen LogP contribution is 2.45. The lowest BCUT2D eigenvalue weighted by molar-refractivity contribution is -0.146. The van der Waals surface area contributed by atoms with E-state index < -0.39 is 33.4 Å². The number of furan rings is 1. The molecule has 3 aromatic carbocycles. The van der Waals surface area contributed by atoms with Crippen LogP contribution in [-0.4, -0.2) is 82.9 Å². The van der Waals surface area contributed by atoms with Gasteiger partial charge in [0.1, 0.15) is 22.9 Å². The zero-order valence-electron chi connectivity index (χ0n) is 28.4. The summed E-state index contributed by atoms with van der Waals surface area (Å²) in [5.74, 6) is -3.98. The molecule has 0 atom stereocenters. The highest BCUT2D eigenvalue weighted by Gasteiger charge is 2.31. The van der Waals surface area contributed by atoms with Crippen LogP contribution in [0.5, 0.6) is 0 Å². The van der Waals surface area contributed by atoms with Gasteiger partial charge in [-0.05, 0) is 77.9 Å². The Morgan fingerprint density at radius 3 is 2.31 bits per heavy atom. The Morgan fingerprint density at radius 1 is 0.942 bits per heavy atom. The number of carbonyl (C=O) groups is 3. The van der Waals surface area contributed by atoms with Crippen LogP contribution in [0.4, 0.5) is 4.39 Å². The van der Waals surface area contributed by atoms with Crippen molar-refractivity contribution in [3.05, 3.63) is 100 Å². The number of carboxylic acids is 1. The van der Waals surface area contributed by atoms with Gasteiger partial charge in [-0.25, -0.2) is 22.3 Å². The number of halogens is 1. The minimum atomic E-state index is -3.76. The number of rotatable bonds is 20. The minimum Gasteiger partial charge on any atom is -0.507 e. The number of aliphatic carboxylic acids is 1. The van der Waals surface area contributed by atoms with Crippen LogP contribution in [-0.2, 0) is 46.2 Å². The number of hydrogen-bond donors (Lipinski definition) is 4. The van der Waals surface area contributed by atoms with Crippen molar-refractivity contribution in [2.75, 3.05) is 46.6 Å². The van der Waals surface area contributed by atoms with E-state index in [0.29, 0.717) is 39.3 Å². The van der Waals surface area contributed by atoms with Crippen LogP contribution in [0.25, 0.3) is 28.1 Å². The van der Waals surface area contributed by atoms with Crippen molar-refractivity contribution in [3.63, 3.8) is 0 Å². The summed E-state index contributed by atoms with van der Waals surface area (Å²) in [4.78, 5) is 34.9. The number of aliphatic hydroxyl groups is 1. The second-order valence-electron chi connectivity index (χ2n) is 12.0. The molecular formula is C37H39FN2O11S. The first kappa shape index (κ1) is 38.3. The van der Waals surface area contributed by atoms with E-state index in [1.807, 2.05) is 6.07 Å². The van der Waals surface area contributed by atoms with Gasteiger partial charge < -0.3 is 34.2 Å². The molecule has 5 rings (SSSR count). The highest BCUT2D eigenvalue weighted by molar-refractivity contribution is 7.88. The van der Waals surface area contributed by atoms with E-state index in [9.17, 15) is 32.3 Å². The number of nitrogens with one attached hydrogen (secondary N) is 2. The van der Waals surface area contributed by atoms with Crippen molar-refractivity contribution in [2.45, 2.75) is 31.1 Å². The summed E-state index contributed by atoms with van der Waals surface area (Å²) in [6.45, 7) is 1.39. The van der Waals surface area contributed by atoms with Crippen LogP contribution in [0.3, 0.4) is 0 Å². The summed E-state index contributed by atoms with van der Waals surface area (Å²) in [5.41, 5.74) is 3.59. The largest absolute Gasteiger partial charge is 0.507 e. The number of ketones is 1. The molecule has 0 spiro atoms. The molecule has 1 aromatic heterocycles. The average Bonchev–Trinajstić information content (AvgIpc) is 3.90. The maximum absolute atomic E-state index is 13.6. The Morgan fingerprint density at radius 2 is 1.63 bits per heavy atom. The van der Waals surface area contributed by atoms with Crippen LogP contribution in [0.2, 0.25) is 0 Å². The average molecular weight is 739 g/mol. The fraction of sp³-hybridized carbons (Fsp3) is 0.324. The maximum Gasteiger partial charge on any atom is 0.376 e. The van der Waals surface area contributed by atoms with Gasteiger partial charge in [-0.3, -0.25) is 9.59 Å². The molecule has 0 saturated heterocycles. The summed E-state index contributed by atoms with van der Waals surface area (Å²) in [6.07, 6.45) is 2.45.